The summed E-state index contributed by atoms with van der Waals surface area (Å²) in [4.78, 5) is 15.2. The van der Waals surface area contributed by atoms with E-state index >= 15 is 0 Å². The molecule has 2 aliphatic rings. The molecule has 0 aromatic carbocycles. The minimum Gasteiger partial charge on any atom is -0.466 e. The lowest BCUT2D eigenvalue weighted by molar-refractivity contribution is -0.0129. The molecule has 2 aliphatic heterocycles. The van der Waals surface area contributed by atoms with E-state index in [0.29, 0.717) is 17.9 Å². The molecule has 1 atom stereocenters. The lowest BCUT2D eigenvalue weighted by Gasteiger charge is -2.43. The maximum atomic E-state index is 12.7. The fourth-order valence-electron chi connectivity index (χ4n) is 3.60. The van der Waals surface area contributed by atoms with Crippen LogP contribution in [0.3, 0.4) is 0 Å². The van der Waals surface area contributed by atoms with Crippen molar-refractivity contribution in [3.63, 3.8) is 0 Å². The molecule has 0 aliphatic carbocycles. The van der Waals surface area contributed by atoms with Crippen LogP contribution in [0, 0.1) is 20.8 Å². The van der Waals surface area contributed by atoms with Crippen LogP contribution in [0.1, 0.15) is 33.9 Å². The van der Waals surface area contributed by atoms with Gasteiger partial charge in [0.15, 0.2) is 0 Å². The van der Waals surface area contributed by atoms with Gasteiger partial charge in [-0.05, 0) is 32.9 Å². The van der Waals surface area contributed by atoms with E-state index < -0.39 is 0 Å². The van der Waals surface area contributed by atoms with Crippen LogP contribution in [-0.4, -0.2) is 60.7 Å². The summed E-state index contributed by atoms with van der Waals surface area (Å²) in [5.74, 6) is 3.76. The minimum atomic E-state index is -0.0126. The molecule has 1 amide bonds. The second kappa shape index (κ2) is 6.87. The third kappa shape index (κ3) is 3.30. The molecule has 128 valence electrons. The summed E-state index contributed by atoms with van der Waals surface area (Å²) in [6.45, 7) is 9.91. The molecule has 1 N–H and O–H groups in total. The smallest absolute Gasteiger partial charge is 0.255 e. The van der Waals surface area contributed by atoms with Crippen LogP contribution >= 0.6 is 11.8 Å². The van der Waals surface area contributed by atoms with Crippen molar-refractivity contribution in [3.05, 3.63) is 22.6 Å². The van der Waals surface area contributed by atoms with Gasteiger partial charge >= 0.3 is 0 Å². The van der Waals surface area contributed by atoms with Gasteiger partial charge in [0.2, 0.25) is 0 Å². The second-order valence-electron chi connectivity index (χ2n) is 6.52. The van der Waals surface area contributed by atoms with E-state index in [2.05, 4.69) is 10.2 Å². The monoisotopic (exact) mass is 338 g/mol. The topological polar surface area (TPSA) is 54.7 Å². The lowest BCUT2D eigenvalue weighted by Crippen LogP contribution is -2.59. The Morgan fingerprint density at radius 3 is 2.57 bits per heavy atom. The molecule has 1 aromatic heterocycles. The molecule has 2 fully saturated rings. The summed E-state index contributed by atoms with van der Waals surface area (Å²) in [5, 5.41) is 3.18. The van der Waals surface area contributed by atoms with Crippen LogP contribution in [0.15, 0.2) is 4.42 Å². The maximum Gasteiger partial charge on any atom is 0.255 e. The minimum absolute atomic E-state index is 0.0126. The number of nitrogens with zero attached hydrogens (tertiary/aromatic N) is 1. The maximum absolute atomic E-state index is 12.7. The highest BCUT2D eigenvalue weighted by atomic mass is 32.2. The fourth-order valence-corrected chi connectivity index (χ4v) is 5.07. The molecule has 1 aromatic rings. The third-order valence-corrected chi connectivity index (χ3v) is 6.37. The van der Waals surface area contributed by atoms with E-state index in [1.54, 1.807) is 0 Å². The summed E-state index contributed by atoms with van der Waals surface area (Å²) in [6, 6.07) is 0. The number of nitrogens with one attached hydrogen (secondary N) is 1. The first kappa shape index (κ1) is 16.9. The normalized spacial score (nSPS) is 25.7. The number of ether oxygens (including phenoxy) is 1. The molecule has 0 spiro atoms. The van der Waals surface area contributed by atoms with Crippen LogP contribution in [0.5, 0.6) is 0 Å². The van der Waals surface area contributed by atoms with Crippen molar-refractivity contribution in [3.8, 4) is 0 Å². The van der Waals surface area contributed by atoms with Crippen molar-refractivity contribution in [1.82, 2.24) is 10.2 Å². The van der Waals surface area contributed by atoms with E-state index in [-0.39, 0.29) is 11.4 Å². The van der Waals surface area contributed by atoms with Crippen LogP contribution in [0.4, 0.5) is 0 Å². The van der Waals surface area contributed by atoms with Crippen molar-refractivity contribution in [1.29, 1.82) is 0 Å². The van der Waals surface area contributed by atoms with Gasteiger partial charge in [0.1, 0.15) is 11.5 Å². The molecule has 0 unspecified atom stereocenters. The first-order valence-electron chi connectivity index (χ1n) is 8.29. The largest absolute Gasteiger partial charge is 0.466 e. The number of rotatable bonds is 4. The summed E-state index contributed by atoms with van der Waals surface area (Å²) in [5.41, 5.74) is 1.72. The van der Waals surface area contributed by atoms with Crippen LogP contribution in [0.2, 0.25) is 0 Å². The van der Waals surface area contributed by atoms with Crippen LogP contribution < -0.4 is 5.32 Å². The summed E-state index contributed by atoms with van der Waals surface area (Å²) in [7, 11) is 0. The molecule has 0 radical (unpaired) electrons. The predicted octanol–water partition coefficient (Wildman–Crippen LogP) is 2.14. The Labute approximate surface area is 142 Å². The fraction of sp³-hybridized carbons (Fsp3) is 0.706. The first-order chi connectivity index (χ1) is 11.0. The van der Waals surface area contributed by atoms with Gasteiger partial charge in [0, 0.05) is 36.5 Å². The number of amides is 1. The summed E-state index contributed by atoms with van der Waals surface area (Å²) in [6.07, 6.45) is 1.13. The molecule has 6 heteroatoms. The highest BCUT2D eigenvalue weighted by Crippen LogP contribution is 2.33. The van der Waals surface area contributed by atoms with Crippen molar-refractivity contribution in [2.75, 3.05) is 44.4 Å². The van der Waals surface area contributed by atoms with Crippen molar-refractivity contribution in [2.45, 2.75) is 32.7 Å². The zero-order chi connectivity index (χ0) is 16.4. The Bertz CT molecular complexity index is 573. The lowest BCUT2D eigenvalue weighted by atomic mass is 9.95. The quantitative estimate of drug-likeness (QED) is 0.912. The van der Waals surface area contributed by atoms with Gasteiger partial charge in [-0.15, -0.1) is 0 Å². The summed E-state index contributed by atoms with van der Waals surface area (Å²) < 4.78 is 11.1. The van der Waals surface area contributed by atoms with E-state index in [4.69, 9.17) is 9.15 Å². The number of hydrogen-bond donors (Lipinski definition) is 1. The van der Waals surface area contributed by atoms with Crippen molar-refractivity contribution < 1.29 is 13.9 Å². The number of furan rings is 1. The van der Waals surface area contributed by atoms with Crippen LogP contribution in [0.25, 0.3) is 0 Å². The Balaban J connectivity index is 1.70. The molecule has 5 nitrogen and oxygen atoms in total. The Kier molecular flexibility index (Phi) is 5.04. The number of hydrogen-bond acceptors (Lipinski definition) is 5. The van der Waals surface area contributed by atoms with Crippen molar-refractivity contribution in [2.24, 2.45) is 0 Å². The number of thioether (sulfide) groups is 1. The molecule has 3 rings (SSSR count). The number of carbonyl (C=O) groups is 1. The summed E-state index contributed by atoms with van der Waals surface area (Å²) >= 11 is 1.98. The van der Waals surface area contributed by atoms with Gasteiger partial charge < -0.3 is 14.5 Å². The molecule has 0 saturated carbocycles. The molecule has 2 saturated heterocycles. The SMILES string of the molecule is Cc1oc(C)c(C(=O)NC[C@@]2(N3CCOCC3)CCSC2)c1C. The molecular formula is C17H26N2O3S. The van der Waals surface area contributed by atoms with Crippen LogP contribution in [-0.2, 0) is 4.74 Å². The van der Waals surface area contributed by atoms with E-state index in [1.807, 2.05) is 32.5 Å². The van der Waals surface area contributed by atoms with Crippen molar-refractivity contribution >= 4 is 17.7 Å². The van der Waals surface area contributed by atoms with E-state index in [0.717, 1.165) is 55.6 Å². The molecule has 0 bridgehead atoms. The molecular weight excluding hydrogens is 312 g/mol. The van der Waals surface area contributed by atoms with Gasteiger partial charge in [-0.1, -0.05) is 0 Å². The van der Waals surface area contributed by atoms with E-state index in [9.17, 15) is 4.79 Å². The number of morpholine rings is 1. The average Bonchev–Trinajstić information content (AvgIpc) is 3.12. The zero-order valence-electron chi connectivity index (χ0n) is 14.2. The highest BCUT2D eigenvalue weighted by molar-refractivity contribution is 7.99. The number of carbonyl (C=O) groups excluding carboxylic acids is 1. The highest BCUT2D eigenvalue weighted by Gasteiger charge is 2.41. The third-order valence-electron chi connectivity index (χ3n) is 5.13. The average molecular weight is 338 g/mol. The predicted molar refractivity (Wildman–Crippen MR) is 92.3 cm³/mol. The standard InChI is InChI=1S/C17H26N2O3S/c1-12-13(2)22-14(3)15(12)16(20)18-10-17(4-9-23-11-17)19-5-7-21-8-6-19/h4-11H2,1-3H3,(H,18,20)/t17-/m0/s1. The molecule has 3 heterocycles. The van der Waals surface area contributed by atoms with Gasteiger partial charge in [0.05, 0.1) is 18.8 Å². The van der Waals surface area contributed by atoms with Gasteiger partial charge in [0.25, 0.3) is 5.91 Å². The molecule has 23 heavy (non-hydrogen) atoms. The zero-order valence-corrected chi connectivity index (χ0v) is 15.1. The van der Waals surface area contributed by atoms with Gasteiger partial charge in [-0.3, -0.25) is 9.69 Å². The Morgan fingerprint density at radius 2 is 2.00 bits per heavy atom. The second-order valence-corrected chi connectivity index (χ2v) is 7.63. The van der Waals surface area contributed by atoms with Gasteiger partial charge in [-0.2, -0.15) is 11.8 Å². The Morgan fingerprint density at radius 1 is 1.26 bits per heavy atom. The number of aryl methyl sites for hydroxylation is 2. The first-order valence-corrected chi connectivity index (χ1v) is 9.44. The van der Waals surface area contributed by atoms with E-state index in [1.165, 1.54) is 0 Å². The Hall–Kier alpha value is -0.980. The van der Waals surface area contributed by atoms with Gasteiger partial charge in [-0.25, -0.2) is 0 Å².